The summed E-state index contributed by atoms with van der Waals surface area (Å²) in [5, 5.41) is 19.8. The summed E-state index contributed by atoms with van der Waals surface area (Å²) >= 11 is 0. The zero-order chi connectivity index (χ0) is 18.2. The number of fused-ring (bicyclic) bond motifs is 3. The molecule has 0 saturated heterocycles. The molecule has 0 aliphatic heterocycles. The molecule has 1 aliphatic rings. The summed E-state index contributed by atoms with van der Waals surface area (Å²) < 4.78 is 0. The van der Waals surface area contributed by atoms with Gasteiger partial charge in [-0.3, -0.25) is 9.59 Å². The van der Waals surface area contributed by atoms with E-state index in [9.17, 15) is 19.8 Å². The fourth-order valence-electron chi connectivity index (χ4n) is 4.20. The van der Waals surface area contributed by atoms with Crippen molar-refractivity contribution in [2.75, 3.05) is 0 Å². The van der Waals surface area contributed by atoms with Crippen LogP contribution in [0.1, 0.15) is 49.3 Å². The van der Waals surface area contributed by atoms with Gasteiger partial charge in [0.05, 0.1) is 11.3 Å². The highest BCUT2D eigenvalue weighted by molar-refractivity contribution is 5.89. The molecule has 1 atom stereocenters. The molecule has 2 aromatic carbocycles. The molecule has 0 spiro atoms. The molecule has 2 N–H and O–H groups in total. The molecule has 3 rings (SSSR count). The molecule has 0 fully saturated rings. The monoisotopic (exact) mass is 338 g/mol. The van der Waals surface area contributed by atoms with Gasteiger partial charge in [0, 0.05) is 0 Å². The summed E-state index contributed by atoms with van der Waals surface area (Å²) in [5.41, 5.74) is 3.55. The predicted molar refractivity (Wildman–Crippen MR) is 95.7 cm³/mol. The first kappa shape index (κ1) is 17.2. The zero-order valence-electron chi connectivity index (χ0n) is 14.5. The first-order valence-corrected chi connectivity index (χ1v) is 8.62. The highest BCUT2D eigenvalue weighted by atomic mass is 16.4. The van der Waals surface area contributed by atoms with Crippen LogP contribution in [0.3, 0.4) is 0 Å². The van der Waals surface area contributed by atoms with Gasteiger partial charge in [0.1, 0.15) is 0 Å². The Morgan fingerprint density at radius 2 is 1.64 bits per heavy atom. The van der Waals surface area contributed by atoms with Crippen LogP contribution < -0.4 is 0 Å². The van der Waals surface area contributed by atoms with Crippen LogP contribution in [-0.4, -0.2) is 22.2 Å². The molecular formula is C21H22O4. The van der Waals surface area contributed by atoms with E-state index < -0.39 is 23.3 Å². The third-order valence-electron chi connectivity index (χ3n) is 5.69. The van der Waals surface area contributed by atoms with Gasteiger partial charge in [0.15, 0.2) is 0 Å². The van der Waals surface area contributed by atoms with Crippen molar-refractivity contribution in [2.45, 2.75) is 39.0 Å². The van der Waals surface area contributed by atoms with Gasteiger partial charge in [-0.2, -0.15) is 0 Å². The SMILES string of the molecule is CCC(CC)(C(=O)O)C(C(=O)O)c1cccc2c1Cc1ccccc1-2. The number of benzene rings is 2. The van der Waals surface area contributed by atoms with Gasteiger partial charge in [0.25, 0.3) is 0 Å². The minimum atomic E-state index is -1.31. The molecule has 4 heteroatoms. The second kappa shape index (κ2) is 6.36. The van der Waals surface area contributed by atoms with Crippen LogP contribution in [0.4, 0.5) is 0 Å². The van der Waals surface area contributed by atoms with Crippen LogP contribution in [0, 0.1) is 5.41 Å². The fourth-order valence-corrected chi connectivity index (χ4v) is 4.20. The van der Waals surface area contributed by atoms with Gasteiger partial charge >= 0.3 is 11.9 Å². The smallest absolute Gasteiger partial charge is 0.312 e. The second-order valence-electron chi connectivity index (χ2n) is 6.65. The molecule has 0 radical (unpaired) electrons. The molecule has 25 heavy (non-hydrogen) atoms. The number of rotatable bonds is 6. The average molecular weight is 338 g/mol. The van der Waals surface area contributed by atoms with Gasteiger partial charge in [-0.15, -0.1) is 0 Å². The third kappa shape index (κ3) is 2.53. The van der Waals surface area contributed by atoms with Crippen molar-refractivity contribution in [3.8, 4) is 11.1 Å². The molecule has 0 bridgehead atoms. The van der Waals surface area contributed by atoms with E-state index in [2.05, 4.69) is 0 Å². The lowest BCUT2D eigenvalue weighted by molar-refractivity contribution is -0.159. The summed E-state index contributed by atoms with van der Waals surface area (Å²) in [4.78, 5) is 24.2. The standard InChI is InChI=1S/C21H22O4/c1-3-21(4-2,20(24)25)18(19(22)23)16-11-7-10-15-14-9-6-5-8-13(14)12-17(15)16/h5-11,18H,3-4,12H2,1-2H3,(H,22,23)(H,24,25). The average Bonchev–Trinajstić information content (AvgIpc) is 2.98. The van der Waals surface area contributed by atoms with E-state index in [1.54, 1.807) is 19.9 Å². The number of hydrogen-bond donors (Lipinski definition) is 2. The maximum Gasteiger partial charge on any atom is 0.312 e. The van der Waals surface area contributed by atoms with Crippen molar-refractivity contribution in [3.63, 3.8) is 0 Å². The molecule has 4 nitrogen and oxygen atoms in total. The quantitative estimate of drug-likeness (QED) is 0.702. The molecule has 130 valence electrons. The lowest BCUT2D eigenvalue weighted by Crippen LogP contribution is -2.40. The van der Waals surface area contributed by atoms with Gasteiger partial charge in [-0.1, -0.05) is 56.3 Å². The highest BCUT2D eigenvalue weighted by Gasteiger charge is 2.49. The third-order valence-corrected chi connectivity index (χ3v) is 5.69. The van der Waals surface area contributed by atoms with E-state index in [1.807, 2.05) is 36.4 Å². The van der Waals surface area contributed by atoms with Crippen LogP contribution in [0.2, 0.25) is 0 Å². The summed E-state index contributed by atoms with van der Waals surface area (Å²) in [5.74, 6) is -3.18. The summed E-state index contributed by atoms with van der Waals surface area (Å²) in [6.07, 6.45) is 1.19. The molecule has 1 aliphatic carbocycles. The lowest BCUT2D eigenvalue weighted by atomic mass is 9.67. The molecule has 0 heterocycles. The topological polar surface area (TPSA) is 74.6 Å². The van der Waals surface area contributed by atoms with Gasteiger partial charge in [0.2, 0.25) is 0 Å². The highest BCUT2D eigenvalue weighted by Crippen LogP contribution is 2.47. The molecule has 1 unspecified atom stereocenters. The number of aliphatic carboxylic acids is 2. The van der Waals surface area contributed by atoms with Crippen molar-refractivity contribution < 1.29 is 19.8 Å². The van der Waals surface area contributed by atoms with Crippen LogP contribution in [-0.2, 0) is 16.0 Å². The van der Waals surface area contributed by atoms with Crippen LogP contribution in [0.15, 0.2) is 42.5 Å². The van der Waals surface area contributed by atoms with Crippen LogP contribution >= 0.6 is 0 Å². The lowest BCUT2D eigenvalue weighted by Gasteiger charge is -2.34. The maximum atomic E-state index is 12.2. The van der Waals surface area contributed by atoms with Crippen molar-refractivity contribution >= 4 is 11.9 Å². The minimum Gasteiger partial charge on any atom is -0.481 e. The van der Waals surface area contributed by atoms with E-state index in [4.69, 9.17) is 0 Å². The van der Waals surface area contributed by atoms with E-state index in [1.165, 1.54) is 0 Å². The predicted octanol–water partition coefficient (Wildman–Crippen LogP) is 4.32. The second-order valence-corrected chi connectivity index (χ2v) is 6.65. The summed E-state index contributed by atoms with van der Waals surface area (Å²) in [6, 6.07) is 13.6. The van der Waals surface area contributed by atoms with Crippen molar-refractivity contribution in [1.82, 2.24) is 0 Å². The normalized spacial score (nSPS) is 13.8. The van der Waals surface area contributed by atoms with Crippen molar-refractivity contribution in [3.05, 3.63) is 59.2 Å². The van der Waals surface area contributed by atoms with Crippen molar-refractivity contribution in [2.24, 2.45) is 5.41 Å². The largest absolute Gasteiger partial charge is 0.481 e. The molecular weight excluding hydrogens is 316 g/mol. The fraction of sp³-hybridized carbons (Fsp3) is 0.333. The van der Waals surface area contributed by atoms with E-state index in [0.717, 1.165) is 22.3 Å². The Kier molecular flexibility index (Phi) is 4.38. The summed E-state index contributed by atoms with van der Waals surface area (Å²) in [6.45, 7) is 3.51. The van der Waals surface area contributed by atoms with Crippen molar-refractivity contribution in [1.29, 1.82) is 0 Å². The Bertz CT molecular complexity index is 834. The Balaban J connectivity index is 2.21. The molecule has 0 aromatic heterocycles. The number of carbonyl (C=O) groups is 2. The molecule has 2 aromatic rings. The van der Waals surface area contributed by atoms with E-state index in [0.29, 0.717) is 12.0 Å². The van der Waals surface area contributed by atoms with Crippen LogP contribution in [0.25, 0.3) is 11.1 Å². The Hall–Kier alpha value is -2.62. The Morgan fingerprint density at radius 1 is 1.00 bits per heavy atom. The van der Waals surface area contributed by atoms with Crippen LogP contribution in [0.5, 0.6) is 0 Å². The Labute approximate surface area is 147 Å². The molecule has 0 amide bonds. The van der Waals surface area contributed by atoms with Gasteiger partial charge in [-0.05, 0) is 47.1 Å². The maximum absolute atomic E-state index is 12.2. The minimum absolute atomic E-state index is 0.270. The van der Waals surface area contributed by atoms with Gasteiger partial charge in [-0.25, -0.2) is 0 Å². The molecule has 0 saturated carbocycles. The Morgan fingerprint density at radius 3 is 2.24 bits per heavy atom. The van der Waals surface area contributed by atoms with E-state index in [-0.39, 0.29) is 12.8 Å². The number of carboxylic acids is 2. The van der Waals surface area contributed by atoms with Gasteiger partial charge < -0.3 is 10.2 Å². The summed E-state index contributed by atoms with van der Waals surface area (Å²) in [7, 11) is 0. The number of hydrogen-bond acceptors (Lipinski definition) is 2. The number of carboxylic acid groups (broad SMARTS) is 2. The first-order valence-electron chi connectivity index (χ1n) is 8.62. The van der Waals surface area contributed by atoms with E-state index >= 15 is 0 Å². The zero-order valence-corrected chi connectivity index (χ0v) is 14.5. The first-order chi connectivity index (χ1) is 12.0.